The van der Waals surface area contributed by atoms with Crippen molar-refractivity contribution in [3.05, 3.63) is 52.8 Å². The van der Waals surface area contributed by atoms with Crippen LogP contribution in [0.15, 0.2) is 35.3 Å². The lowest BCUT2D eigenvalue weighted by Gasteiger charge is -2.31. The van der Waals surface area contributed by atoms with Gasteiger partial charge in [-0.15, -0.1) is 0 Å². The van der Waals surface area contributed by atoms with Crippen molar-refractivity contribution in [3.63, 3.8) is 0 Å². The van der Waals surface area contributed by atoms with Gasteiger partial charge in [-0.3, -0.25) is 9.67 Å². The Kier molecular flexibility index (Phi) is 7.02. The molecule has 0 amide bonds. The summed E-state index contributed by atoms with van der Waals surface area (Å²) in [6, 6.07) is 10.8. The highest BCUT2D eigenvalue weighted by Crippen LogP contribution is 2.16. The van der Waals surface area contributed by atoms with Crippen molar-refractivity contribution < 1.29 is 0 Å². The molecule has 0 bridgehead atoms. The quantitative estimate of drug-likeness (QED) is 0.518. The van der Waals surface area contributed by atoms with E-state index >= 15 is 0 Å². The Morgan fingerprint density at radius 1 is 1.19 bits per heavy atom. The number of aryl methyl sites for hydroxylation is 2. The van der Waals surface area contributed by atoms with E-state index in [0.29, 0.717) is 6.54 Å². The standard InChI is InChI=1S/C21H34N6/c1-15(18-11-9-8-10-12-18)25-21(4,5)14-24-20(22-6)23-13-19-16(2)26-27(7)17(19)3/h8-12,15,25H,13-14H2,1-7H3,(H2,22,23,24). The van der Waals surface area contributed by atoms with Crippen LogP contribution in [0.3, 0.4) is 0 Å². The van der Waals surface area contributed by atoms with Gasteiger partial charge in [-0.05, 0) is 40.2 Å². The number of rotatable bonds is 7. The molecule has 0 saturated heterocycles. The van der Waals surface area contributed by atoms with Gasteiger partial charge < -0.3 is 16.0 Å². The van der Waals surface area contributed by atoms with Crippen LogP contribution in [0.1, 0.15) is 49.3 Å². The smallest absolute Gasteiger partial charge is 0.191 e. The Bertz CT molecular complexity index is 760. The Hall–Kier alpha value is -2.34. The van der Waals surface area contributed by atoms with Crippen molar-refractivity contribution in [3.8, 4) is 0 Å². The number of hydrogen-bond donors (Lipinski definition) is 3. The Labute approximate surface area is 163 Å². The summed E-state index contributed by atoms with van der Waals surface area (Å²) in [4.78, 5) is 4.35. The van der Waals surface area contributed by atoms with Crippen molar-refractivity contribution in [2.75, 3.05) is 13.6 Å². The summed E-state index contributed by atoms with van der Waals surface area (Å²) >= 11 is 0. The molecule has 0 radical (unpaired) electrons. The first-order valence-electron chi connectivity index (χ1n) is 9.49. The van der Waals surface area contributed by atoms with Crippen LogP contribution in [0.4, 0.5) is 0 Å². The number of aliphatic imine (C=N–C) groups is 1. The van der Waals surface area contributed by atoms with E-state index in [2.05, 4.69) is 78.0 Å². The predicted molar refractivity (Wildman–Crippen MR) is 113 cm³/mol. The molecule has 148 valence electrons. The molecule has 2 aromatic rings. The van der Waals surface area contributed by atoms with Crippen LogP contribution in [0.5, 0.6) is 0 Å². The number of nitrogens with one attached hydrogen (secondary N) is 3. The normalized spacial score (nSPS) is 13.5. The fourth-order valence-electron chi connectivity index (χ4n) is 3.23. The summed E-state index contributed by atoms with van der Waals surface area (Å²) in [5.74, 6) is 0.792. The molecule has 1 aromatic heterocycles. The van der Waals surface area contributed by atoms with Crippen LogP contribution in [-0.2, 0) is 13.6 Å². The van der Waals surface area contributed by atoms with E-state index in [0.717, 1.165) is 18.2 Å². The molecule has 6 nitrogen and oxygen atoms in total. The molecule has 1 heterocycles. The average molecular weight is 371 g/mol. The minimum absolute atomic E-state index is 0.0903. The molecule has 0 aliphatic carbocycles. The van der Waals surface area contributed by atoms with E-state index in [1.165, 1.54) is 16.8 Å². The third-order valence-electron chi connectivity index (χ3n) is 4.92. The van der Waals surface area contributed by atoms with E-state index in [4.69, 9.17) is 0 Å². The molecule has 0 spiro atoms. The first-order chi connectivity index (χ1) is 12.7. The first-order valence-corrected chi connectivity index (χ1v) is 9.49. The lowest BCUT2D eigenvalue weighted by Crippen LogP contribution is -2.52. The highest BCUT2D eigenvalue weighted by Gasteiger charge is 2.21. The maximum absolute atomic E-state index is 4.47. The first kappa shape index (κ1) is 21.0. The van der Waals surface area contributed by atoms with Crippen LogP contribution in [-0.4, -0.2) is 34.9 Å². The zero-order chi connectivity index (χ0) is 20.0. The monoisotopic (exact) mass is 370 g/mol. The zero-order valence-electron chi connectivity index (χ0n) is 17.7. The SMILES string of the molecule is CN=C(NCc1c(C)nn(C)c1C)NCC(C)(C)NC(C)c1ccccc1. The van der Waals surface area contributed by atoms with Crippen LogP contribution in [0.25, 0.3) is 0 Å². The second kappa shape index (κ2) is 9.04. The maximum atomic E-state index is 4.47. The van der Waals surface area contributed by atoms with Gasteiger partial charge in [0.2, 0.25) is 0 Å². The highest BCUT2D eigenvalue weighted by molar-refractivity contribution is 5.79. The third kappa shape index (κ3) is 5.82. The number of nitrogens with zero attached hydrogens (tertiary/aromatic N) is 3. The third-order valence-corrected chi connectivity index (χ3v) is 4.92. The summed E-state index contributed by atoms with van der Waals surface area (Å²) < 4.78 is 1.92. The Morgan fingerprint density at radius 2 is 1.85 bits per heavy atom. The van der Waals surface area contributed by atoms with Gasteiger partial charge in [-0.25, -0.2) is 0 Å². The fraction of sp³-hybridized carbons (Fsp3) is 0.524. The van der Waals surface area contributed by atoms with Crippen LogP contribution < -0.4 is 16.0 Å². The lowest BCUT2D eigenvalue weighted by atomic mass is 10.0. The molecule has 0 saturated carbocycles. The van der Waals surface area contributed by atoms with Gasteiger partial charge in [-0.2, -0.15) is 5.10 Å². The highest BCUT2D eigenvalue weighted by atomic mass is 15.3. The van der Waals surface area contributed by atoms with Crippen LogP contribution in [0, 0.1) is 13.8 Å². The van der Waals surface area contributed by atoms with E-state index in [-0.39, 0.29) is 11.6 Å². The van der Waals surface area contributed by atoms with Gasteiger partial charge in [0.1, 0.15) is 0 Å². The minimum Gasteiger partial charge on any atom is -0.355 e. The fourth-order valence-corrected chi connectivity index (χ4v) is 3.23. The molecule has 1 atom stereocenters. The minimum atomic E-state index is -0.0903. The Balaban J connectivity index is 1.88. The van der Waals surface area contributed by atoms with Gasteiger partial charge in [0, 0.05) is 50.0 Å². The van der Waals surface area contributed by atoms with Crippen molar-refractivity contribution >= 4 is 5.96 Å². The molecule has 2 rings (SSSR count). The molecule has 27 heavy (non-hydrogen) atoms. The van der Waals surface area contributed by atoms with E-state index in [1.54, 1.807) is 7.05 Å². The molecule has 1 aromatic carbocycles. The number of aromatic nitrogens is 2. The number of hydrogen-bond acceptors (Lipinski definition) is 3. The summed E-state index contributed by atoms with van der Waals surface area (Å²) in [5.41, 5.74) is 4.64. The second-order valence-corrected chi connectivity index (χ2v) is 7.71. The van der Waals surface area contributed by atoms with Gasteiger partial charge in [0.15, 0.2) is 5.96 Å². The average Bonchev–Trinajstić information content (AvgIpc) is 2.87. The predicted octanol–water partition coefficient (Wildman–Crippen LogP) is 2.83. The molecule has 3 N–H and O–H groups in total. The summed E-state index contributed by atoms with van der Waals surface area (Å²) in [5, 5.41) is 15.0. The second-order valence-electron chi connectivity index (χ2n) is 7.71. The van der Waals surface area contributed by atoms with Crippen molar-refractivity contribution in [2.45, 2.75) is 52.7 Å². The van der Waals surface area contributed by atoms with Crippen molar-refractivity contribution in [1.29, 1.82) is 0 Å². The molecule has 0 fully saturated rings. The topological polar surface area (TPSA) is 66.3 Å². The van der Waals surface area contributed by atoms with Crippen molar-refractivity contribution in [2.24, 2.45) is 12.0 Å². The van der Waals surface area contributed by atoms with Gasteiger partial charge in [0.25, 0.3) is 0 Å². The molecule has 0 aliphatic rings. The molecular weight excluding hydrogens is 336 g/mol. The largest absolute Gasteiger partial charge is 0.355 e. The zero-order valence-corrected chi connectivity index (χ0v) is 17.7. The molecule has 1 unspecified atom stereocenters. The Morgan fingerprint density at radius 3 is 2.41 bits per heavy atom. The molecular formula is C21H34N6. The van der Waals surface area contributed by atoms with Gasteiger partial charge in [0.05, 0.1) is 5.69 Å². The molecule has 0 aliphatic heterocycles. The van der Waals surface area contributed by atoms with Gasteiger partial charge in [-0.1, -0.05) is 30.3 Å². The summed E-state index contributed by atoms with van der Waals surface area (Å²) in [6.45, 7) is 12.2. The summed E-state index contributed by atoms with van der Waals surface area (Å²) in [6.07, 6.45) is 0. The van der Waals surface area contributed by atoms with Crippen molar-refractivity contribution in [1.82, 2.24) is 25.7 Å². The van der Waals surface area contributed by atoms with E-state index in [9.17, 15) is 0 Å². The van der Waals surface area contributed by atoms with E-state index in [1.807, 2.05) is 24.7 Å². The number of guanidine groups is 1. The van der Waals surface area contributed by atoms with Crippen LogP contribution >= 0.6 is 0 Å². The van der Waals surface area contributed by atoms with E-state index < -0.39 is 0 Å². The van der Waals surface area contributed by atoms with Gasteiger partial charge >= 0.3 is 0 Å². The lowest BCUT2D eigenvalue weighted by molar-refractivity contribution is 0.345. The maximum Gasteiger partial charge on any atom is 0.191 e. The summed E-state index contributed by atoms with van der Waals surface area (Å²) in [7, 11) is 3.77. The number of benzene rings is 1. The molecule has 6 heteroatoms. The van der Waals surface area contributed by atoms with Crippen LogP contribution in [0.2, 0.25) is 0 Å².